The van der Waals surface area contributed by atoms with Gasteiger partial charge >= 0.3 is 11.9 Å². The number of rotatable bonds is 14. The number of hydrogen-bond donors (Lipinski definition) is 2. The number of thiazole rings is 1. The lowest BCUT2D eigenvalue weighted by Gasteiger charge is -2.30. The van der Waals surface area contributed by atoms with Gasteiger partial charge in [-0.3, -0.25) is 14.4 Å². The van der Waals surface area contributed by atoms with Crippen molar-refractivity contribution in [1.29, 1.82) is 0 Å². The topological polar surface area (TPSA) is 122 Å². The maximum absolute atomic E-state index is 13.1. The summed E-state index contributed by atoms with van der Waals surface area (Å²) in [6.07, 6.45) is 4.62. The number of aromatic nitrogens is 1. The highest BCUT2D eigenvalue weighted by molar-refractivity contribution is 7.18. The Morgan fingerprint density at radius 1 is 0.974 bits per heavy atom. The van der Waals surface area contributed by atoms with Gasteiger partial charge in [0.25, 0.3) is 5.01 Å². The average molecular weight is 549 g/mol. The molecule has 8 nitrogen and oxygen atoms in total. The Labute approximate surface area is 231 Å². The zero-order chi connectivity index (χ0) is 27.9. The van der Waals surface area contributed by atoms with Crippen LogP contribution in [-0.2, 0) is 20.9 Å². The number of carbonyl (C=O) groups is 3. The van der Waals surface area contributed by atoms with Gasteiger partial charge in [0.2, 0.25) is 5.52 Å². The highest BCUT2D eigenvalue weighted by Crippen LogP contribution is 2.37. The number of anilines is 1. The number of hydrogen-bond acceptors (Lipinski definition) is 6. The predicted octanol–water partition coefficient (Wildman–Crippen LogP) is 4.26. The molecule has 0 aliphatic heterocycles. The van der Waals surface area contributed by atoms with Crippen molar-refractivity contribution in [2.24, 2.45) is 0 Å². The van der Waals surface area contributed by atoms with E-state index < -0.39 is 11.9 Å². The molecule has 0 radical (unpaired) electrons. The van der Waals surface area contributed by atoms with Crippen molar-refractivity contribution in [3.63, 3.8) is 0 Å². The summed E-state index contributed by atoms with van der Waals surface area (Å²) in [5.74, 6) is -2.31. The van der Waals surface area contributed by atoms with Gasteiger partial charge in [0.1, 0.15) is 4.70 Å². The molecule has 0 fully saturated rings. The number of unbranched alkanes of at least 4 members (excludes halogenated alkanes) is 1. The van der Waals surface area contributed by atoms with Crippen LogP contribution < -0.4 is 14.6 Å². The summed E-state index contributed by atoms with van der Waals surface area (Å²) in [7, 11) is 0. The van der Waals surface area contributed by atoms with E-state index in [-0.39, 0.29) is 35.5 Å². The predicted molar refractivity (Wildman–Crippen MR) is 149 cm³/mol. The van der Waals surface area contributed by atoms with E-state index in [4.69, 9.17) is 10.2 Å². The first-order chi connectivity index (χ1) is 18.8. The minimum absolute atomic E-state index is 0.0157. The fraction of sp³-hybridized carbons (Fsp3) is 0.333. The van der Waals surface area contributed by atoms with Crippen LogP contribution in [0.4, 0.5) is 5.69 Å². The van der Waals surface area contributed by atoms with Gasteiger partial charge in [-0.15, -0.1) is 0 Å². The molecule has 4 rings (SSSR count). The van der Waals surface area contributed by atoms with Crippen LogP contribution in [0, 0.1) is 0 Å². The number of benzene rings is 2. The Morgan fingerprint density at radius 2 is 1.62 bits per heavy atom. The summed E-state index contributed by atoms with van der Waals surface area (Å²) in [6.45, 7) is 3.86. The quantitative estimate of drug-likeness (QED) is 0.228. The second-order valence-corrected chi connectivity index (χ2v) is 10.6. The standard InChI is InChI=1S/C30H32N2O6S/c1-2-3-18-32-23-8-4-5-9-24(23)39-25(32)19-22-29(37)28(30(22)38)20-12-14-21(15-13-20)31(16-6-10-26(33)34)17-7-11-27(35)36/h4-5,8-9,12-15,19H,2-3,6-7,10-11,16-18H2,1H3,(H2-,33,34,35,36,37,38). The van der Waals surface area contributed by atoms with Crippen LogP contribution in [0.15, 0.2) is 59.9 Å². The molecule has 0 saturated heterocycles. The summed E-state index contributed by atoms with van der Waals surface area (Å²) in [5.41, 5.74) is 2.77. The Hall–Kier alpha value is -3.98. The fourth-order valence-electron chi connectivity index (χ4n) is 4.69. The third-order valence-corrected chi connectivity index (χ3v) is 7.85. The molecule has 2 aromatic carbocycles. The van der Waals surface area contributed by atoms with Crippen molar-refractivity contribution in [3.8, 4) is 0 Å². The lowest BCUT2D eigenvalue weighted by Crippen LogP contribution is -2.36. The monoisotopic (exact) mass is 548 g/mol. The first-order valence-electron chi connectivity index (χ1n) is 13.2. The Morgan fingerprint density at radius 3 is 2.21 bits per heavy atom. The second kappa shape index (κ2) is 12.7. The van der Waals surface area contributed by atoms with Crippen LogP contribution in [0.5, 0.6) is 0 Å². The van der Waals surface area contributed by atoms with Crippen LogP contribution in [0.2, 0.25) is 0 Å². The van der Waals surface area contributed by atoms with Gasteiger partial charge in [-0.05, 0) is 36.6 Å². The largest absolute Gasteiger partial charge is 0.871 e. The van der Waals surface area contributed by atoms with Crippen molar-refractivity contribution >= 4 is 56.6 Å². The minimum Gasteiger partial charge on any atom is -0.871 e. The van der Waals surface area contributed by atoms with Gasteiger partial charge in [-0.1, -0.05) is 54.7 Å². The molecule has 1 aliphatic rings. The van der Waals surface area contributed by atoms with Crippen LogP contribution in [0.25, 0.3) is 21.9 Å². The molecule has 3 aromatic rings. The third kappa shape index (κ3) is 6.54. The van der Waals surface area contributed by atoms with Gasteiger partial charge in [0.15, 0.2) is 12.3 Å². The van der Waals surface area contributed by atoms with E-state index in [9.17, 15) is 19.5 Å². The molecule has 1 heterocycles. The maximum atomic E-state index is 13.1. The zero-order valence-corrected chi connectivity index (χ0v) is 22.7. The number of Topliss-reactive ketones (excluding diaryl/α,β-unsaturated/α-hetero) is 1. The van der Waals surface area contributed by atoms with E-state index in [1.165, 1.54) is 0 Å². The van der Waals surface area contributed by atoms with Crippen molar-refractivity contribution in [2.75, 3.05) is 18.0 Å². The smallest absolute Gasteiger partial charge is 0.303 e. The number of aliphatic carboxylic acids is 2. The Bertz CT molecular complexity index is 1420. The van der Waals surface area contributed by atoms with Crippen molar-refractivity contribution in [3.05, 3.63) is 70.4 Å². The molecule has 0 saturated carbocycles. The summed E-state index contributed by atoms with van der Waals surface area (Å²) in [4.78, 5) is 36.9. The number of aryl methyl sites for hydroxylation is 1. The summed E-state index contributed by atoms with van der Waals surface area (Å²) < 4.78 is 3.28. The molecule has 1 aromatic heterocycles. The normalized spacial score (nSPS) is 14.2. The molecule has 39 heavy (non-hydrogen) atoms. The van der Waals surface area contributed by atoms with Gasteiger partial charge < -0.3 is 20.2 Å². The van der Waals surface area contributed by atoms with Crippen molar-refractivity contribution in [2.45, 2.75) is 52.0 Å². The molecule has 204 valence electrons. The molecule has 0 unspecified atom stereocenters. The first-order valence-corrected chi connectivity index (χ1v) is 14.0. The number of ketones is 1. The Kier molecular flexibility index (Phi) is 9.14. The van der Waals surface area contributed by atoms with E-state index in [0.29, 0.717) is 31.5 Å². The number of carboxylic acid groups (broad SMARTS) is 2. The van der Waals surface area contributed by atoms with Gasteiger partial charge in [-0.25, -0.2) is 0 Å². The van der Waals surface area contributed by atoms with E-state index in [0.717, 1.165) is 40.3 Å². The highest BCUT2D eigenvalue weighted by Gasteiger charge is 2.30. The zero-order valence-electron chi connectivity index (χ0n) is 21.9. The molecule has 2 N–H and O–H groups in total. The van der Waals surface area contributed by atoms with E-state index in [2.05, 4.69) is 17.6 Å². The number of carboxylic acids is 2. The molecule has 0 atom stereocenters. The lowest BCUT2D eigenvalue weighted by molar-refractivity contribution is -0.669. The van der Waals surface area contributed by atoms with Crippen molar-refractivity contribution < 1.29 is 34.3 Å². The lowest BCUT2D eigenvalue weighted by atomic mass is 9.83. The number of allylic oxidation sites excluding steroid dienone is 2. The van der Waals surface area contributed by atoms with E-state index >= 15 is 0 Å². The average Bonchev–Trinajstić information content (AvgIpc) is 3.27. The molecule has 0 spiro atoms. The molecular weight excluding hydrogens is 516 g/mol. The van der Waals surface area contributed by atoms with Gasteiger partial charge in [-0.2, -0.15) is 4.57 Å². The number of nitrogens with zero attached hydrogens (tertiary/aromatic N) is 2. The van der Waals surface area contributed by atoms with Crippen LogP contribution in [-0.4, -0.2) is 41.0 Å². The van der Waals surface area contributed by atoms with Gasteiger partial charge in [0, 0.05) is 61.3 Å². The van der Waals surface area contributed by atoms with E-state index in [1.54, 1.807) is 41.7 Å². The maximum Gasteiger partial charge on any atom is 0.303 e. The van der Waals surface area contributed by atoms with E-state index in [1.807, 2.05) is 23.1 Å². The molecule has 1 aliphatic carbocycles. The fourth-order valence-corrected chi connectivity index (χ4v) is 5.82. The first kappa shape index (κ1) is 28.0. The second-order valence-electron chi connectivity index (χ2n) is 9.53. The number of fused-ring (bicyclic) bond motifs is 1. The summed E-state index contributed by atoms with van der Waals surface area (Å²) in [5, 5.41) is 31.9. The Balaban J connectivity index is 1.56. The number of carbonyl (C=O) groups excluding carboxylic acids is 1. The number of para-hydroxylation sites is 1. The molecule has 0 bridgehead atoms. The molecule has 0 amide bonds. The van der Waals surface area contributed by atoms with Crippen molar-refractivity contribution in [1.82, 2.24) is 0 Å². The molecule has 9 heteroatoms. The minimum atomic E-state index is -0.885. The van der Waals surface area contributed by atoms with Crippen LogP contribution >= 0.6 is 11.3 Å². The SMILES string of the molecule is CCCC[n+]1c(C=C2C(=O)C(c3ccc(N(CCCC(=O)O)CCCC(=O)O)cc3)=C2[O-])sc2ccccc21. The molecular formula is C30H32N2O6S. The third-order valence-electron chi connectivity index (χ3n) is 6.74. The van der Waals surface area contributed by atoms with Gasteiger partial charge in [0.05, 0.1) is 0 Å². The summed E-state index contributed by atoms with van der Waals surface area (Å²) >= 11 is 1.57. The highest BCUT2D eigenvalue weighted by atomic mass is 32.1. The van der Waals surface area contributed by atoms with Crippen LogP contribution in [0.1, 0.15) is 56.0 Å². The summed E-state index contributed by atoms with van der Waals surface area (Å²) in [6, 6.07) is 15.1. The van der Waals surface area contributed by atoms with Crippen LogP contribution in [0.3, 0.4) is 0 Å².